The summed E-state index contributed by atoms with van der Waals surface area (Å²) in [6.07, 6.45) is 4.79. The third-order valence-corrected chi connectivity index (χ3v) is 4.88. The number of pyridine rings is 1. The van der Waals surface area contributed by atoms with Crippen LogP contribution in [0.2, 0.25) is 0 Å². The Kier molecular flexibility index (Phi) is 7.21. The van der Waals surface area contributed by atoms with Crippen LogP contribution in [-0.4, -0.2) is 57.8 Å². The van der Waals surface area contributed by atoms with Gasteiger partial charge in [-0.25, -0.2) is 9.97 Å². The molecule has 1 unspecified atom stereocenters. The van der Waals surface area contributed by atoms with Gasteiger partial charge in [0.05, 0.1) is 29.1 Å². The number of hydrazone groups is 1. The second-order valence-electron chi connectivity index (χ2n) is 7.01. The van der Waals surface area contributed by atoms with Gasteiger partial charge in [0.1, 0.15) is 5.82 Å². The highest BCUT2D eigenvalue weighted by Crippen LogP contribution is 2.18. The molecule has 0 radical (unpaired) electrons. The van der Waals surface area contributed by atoms with Gasteiger partial charge in [-0.15, -0.1) is 0 Å². The number of nitrogens with one attached hydrogen (secondary N) is 3. The van der Waals surface area contributed by atoms with Gasteiger partial charge in [-0.1, -0.05) is 19.1 Å². The number of carbonyl (C=O) groups excluding carboxylic acids is 1. The van der Waals surface area contributed by atoms with E-state index in [0.29, 0.717) is 18.1 Å². The molecule has 2 heterocycles. The van der Waals surface area contributed by atoms with E-state index in [-0.39, 0.29) is 17.6 Å². The zero-order valence-corrected chi connectivity index (χ0v) is 17.8. The first-order valence-corrected chi connectivity index (χ1v) is 10.0. The number of nitrogens with zero attached hydrogens (tertiary/aromatic N) is 5. The molecule has 1 atom stereocenters. The van der Waals surface area contributed by atoms with Crippen LogP contribution in [0.5, 0.6) is 0 Å². The van der Waals surface area contributed by atoms with Gasteiger partial charge in [0.25, 0.3) is 5.91 Å². The summed E-state index contributed by atoms with van der Waals surface area (Å²) in [4.78, 5) is 28.3. The quantitative estimate of drug-likeness (QED) is 0.362. The second kappa shape index (κ2) is 10.2. The number of likely N-dealkylation sites (N-methyl/N-ethyl adjacent to an activating group) is 1. The minimum atomic E-state index is -0.213. The van der Waals surface area contributed by atoms with E-state index >= 15 is 0 Å². The Hall–Kier alpha value is -3.88. The van der Waals surface area contributed by atoms with Gasteiger partial charge in [-0.2, -0.15) is 5.10 Å². The number of hydrogen-bond acceptors (Lipinski definition) is 8. The fourth-order valence-electron chi connectivity index (χ4n) is 3.11. The van der Waals surface area contributed by atoms with Crippen LogP contribution < -0.4 is 10.7 Å². The lowest BCUT2D eigenvalue weighted by atomic mass is 10.1. The predicted molar refractivity (Wildman–Crippen MR) is 124 cm³/mol. The van der Waals surface area contributed by atoms with Gasteiger partial charge in [0.2, 0.25) is 0 Å². The average Bonchev–Trinajstić information content (AvgIpc) is 2.79. The molecule has 3 N–H and O–H groups in total. The van der Waals surface area contributed by atoms with Crippen LogP contribution in [0.15, 0.2) is 47.7 Å². The van der Waals surface area contributed by atoms with Crippen LogP contribution in [0.1, 0.15) is 29.5 Å². The van der Waals surface area contributed by atoms with Gasteiger partial charge < -0.3 is 15.6 Å². The van der Waals surface area contributed by atoms with Crippen molar-refractivity contribution in [2.75, 3.05) is 24.3 Å². The molecular weight excluding hydrogens is 392 g/mol. The molecule has 0 aliphatic carbocycles. The van der Waals surface area contributed by atoms with Crippen molar-refractivity contribution in [1.29, 1.82) is 5.41 Å². The molecule has 3 aromatic rings. The molecule has 0 spiro atoms. The summed E-state index contributed by atoms with van der Waals surface area (Å²) in [6, 6.07) is 11.2. The van der Waals surface area contributed by atoms with Crippen LogP contribution >= 0.6 is 0 Å². The maximum absolute atomic E-state index is 13.2. The normalized spacial score (nSPS) is 12.0. The summed E-state index contributed by atoms with van der Waals surface area (Å²) in [6.45, 7) is 4.38. The Morgan fingerprint density at radius 2 is 2.00 bits per heavy atom. The number of para-hydroxylation sites is 2. The third kappa shape index (κ3) is 5.39. The lowest BCUT2D eigenvalue weighted by Crippen LogP contribution is -2.41. The number of amides is 1. The summed E-state index contributed by atoms with van der Waals surface area (Å²) in [5.41, 5.74) is 5.94. The fourth-order valence-corrected chi connectivity index (χ4v) is 3.11. The monoisotopic (exact) mass is 418 g/mol. The fraction of sp³-hybridized carbons (Fsp3) is 0.273. The highest BCUT2D eigenvalue weighted by atomic mass is 16.2. The minimum Gasteiger partial charge on any atom is -0.367 e. The Labute approximate surface area is 181 Å². The number of aromatic nitrogens is 3. The number of anilines is 2. The van der Waals surface area contributed by atoms with Crippen molar-refractivity contribution < 1.29 is 4.79 Å². The van der Waals surface area contributed by atoms with Crippen molar-refractivity contribution in [1.82, 2.24) is 19.9 Å². The molecule has 160 valence electrons. The highest BCUT2D eigenvalue weighted by Gasteiger charge is 2.23. The van der Waals surface area contributed by atoms with Crippen LogP contribution in [0.4, 0.5) is 11.5 Å². The van der Waals surface area contributed by atoms with E-state index in [1.54, 1.807) is 30.3 Å². The van der Waals surface area contributed by atoms with E-state index in [2.05, 4.69) is 30.8 Å². The number of carbonyl (C=O) groups is 1. The summed E-state index contributed by atoms with van der Waals surface area (Å²) in [5.74, 6) is 0.449. The topological polar surface area (TPSA) is 119 Å². The lowest BCUT2D eigenvalue weighted by Gasteiger charge is -2.28. The Morgan fingerprint density at radius 1 is 1.23 bits per heavy atom. The Bertz CT molecular complexity index is 1100. The molecule has 0 aliphatic heterocycles. The van der Waals surface area contributed by atoms with Crippen molar-refractivity contribution in [3.05, 3.63) is 54.0 Å². The Balaban J connectivity index is 1.74. The molecule has 0 fully saturated rings. The summed E-state index contributed by atoms with van der Waals surface area (Å²) < 4.78 is 0. The first-order chi connectivity index (χ1) is 15.0. The maximum Gasteiger partial charge on any atom is 0.274 e. The molecule has 1 amide bonds. The largest absolute Gasteiger partial charge is 0.367 e. The number of benzene rings is 1. The number of rotatable bonds is 9. The molecular formula is C22H26N8O. The van der Waals surface area contributed by atoms with Crippen molar-refractivity contribution >= 4 is 40.9 Å². The molecule has 0 bridgehead atoms. The second-order valence-corrected chi connectivity index (χ2v) is 7.01. The van der Waals surface area contributed by atoms with Gasteiger partial charge in [0.15, 0.2) is 5.69 Å². The third-order valence-electron chi connectivity index (χ3n) is 4.88. The summed E-state index contributed by atoms with van der Waals surface area (Å²) in [5, 5.41) is 14.2. The maximum atomic E-state index is 13.2. The van der Waals surface area contributed by atoms with E-state index in [1.165, 1.54) is 6.21 Å². The average molecular weight is 419 g/mol. The summed E-state index contributed by atoms with van der Waals surface area (Å²) in [7, 11) is 1.76. The lowest BCUT2D eigenvalue weighted by molar-refractivity contribution is 0.0731. The minimum absolute atomic E-state index is 0.0824. The number of aryl methyl sites for hydroxylation is 1. The molecule has 0 saturated heterocycles. The van der Waals surface area contributed by atoms with Gasteiger partial charge in [-0.3, -0.25) is 15.2 Å². The first kappa shape index (κ1) is 21.8. The highest BCUT2D eigenvalue weighted by molar-refractivity contribution is 6.14. The van der Waals surface area contributed by atoms with E-state index in [4.69, 9.17) is 5.41 Å². The smallest absolute Gasteiger partial charge is 0.274 e. The van der Waals surface area contributed by atoms with Crippen LogP contribution in [0.25, 0.3) is 11.0 Å². The molecule has 2 aromatic heterocycles. The van der Waals surface area contributed by atoms with Crippen molar-refractivity contribution in [3.8, 4) is 0 Å². The molecule has 0 saturated carbocycles. The molecule has 0 aliphatic rings. The van der Waals surface area contributed by atoms with Gasteiger partial charge >= 0.3 is 0 Å². The zero-order valence-electron chi connectivity index (χ0n) is 17.8. The standard InChI is InChI=1S/C22H26N8O/c1-4-16(13-25-20-14-24-17-7-5-6-8-18(17)28-20)30(3)22(31)21-19(29-26-12-11-23)10-9-15(2)27-21/h5-12,14,16,23,29H,4,13H2,1-3H3,(H,25,28)/b23-11?,26-12-. The van der Waals surface area contributed by atoms with E-state index in [0.717, 1.165) is 29.4 Å². The number of fused-ring (bicyclic) bond motifs is 1. The molecule has 1 aromatic carbocycles. The van der Waals surface area contributed by atoms with Gasteiger partial charge in [0, 0.05) is 31.5 Å². The van der Waals surface area contributed by atoms with Crippen molar-refractivity contribution in [2.45, 2.75) is 26.3 Å². The first-order valence-electron chi connectivity index (χ1n) is 10.0. The van der Waals surface area contributed by atoms with Crippen molar-refractivity contribution in [2.24, 2.45) is 5.10 Å². The van der Waals surface area contributed by atoms with E-state index in [1.807, 2.05) is 38.1 Å². The zero-order chi connectivity index (χ0) is 22.2. The molecule has 3 rings (SSSR count). The molecule has 9 heteroatoms. The van der Waals surface area contributed by atoms with Crippen LogP contribution in [-0.2, 0) is 0 Å². The Morgan fingerprint density at radius 3 is 2.74 bits per heavy atom. The summed E-state index contributed by atoms with van der Waals surface area (Å²) >= 11 is 0. The van der Waals surface area contributed by atoms with Crippen molar-refractivity contribution in [3.63, 3.8) is 0 Å². The number of hydrogen-bond donors (Lipinski definition) is 3. The van der Waals surface area contributed by atoms with Crippen LogP contribution in [0.3, 0.4) is 0 Å². The molecule has 9 nitrogen and oxygen atoms in total. The van der Waals surface area contributed by atoms with E-state index < -0.39 is 0 Å². The van der Waals surface area contributed by atoms with Gasteiger partial charge in [-0.05, 0) is 37.6 Å². The van der Waals surface area contributed by atoms with E-state index in [9.17, 15) is 4.79 Å². The molecule has 31 heavy (non-hydrogen) atoms. The SMILES string of the molecule is CCC(CNc1cnc2ccccc2n1)N(C)C(=O)c1nc(C)ccc1N/N=C\C=N. The predicted octanol–water partition coefficient (Wildman–Crippen LogP) is 3.34. The van der Waals surface area contributed by atoms with Crippen LogP contribution in [0, 0.1) is 12.3 Å².